The summed E-state index contributed by atoms with van der Waals surface area (Å²) in [6.45, 7) is 0. The van der Waals surface area contributed by atoms with E-state index in [2.05, 4.69) is 10.3 Å². The van der Waals surface area contributed by atoms with Crippen molar-refractivity contribution in [1.82, 2.24) is 10.3 Å². The molecule has 1 aromatic rings. The fraction of sp³-hybridized carbons (Fsp3) is 0.529. The van der Waals surface area contributed by atoms with Crippen molar-refractivity contribution in [1.29, 1.82) is 0 Å². The van der Waals surface area contributed by atoms with E-state index in [-0.39, 0.29) is 17.5 Å². The van der Waals surface area contributed by atoms with Crippen molar-refractivity contribution in [2.75, 3.05) is 0 Å². The summed E-state index contributed by atoms with van der Waals surface area (Å²) >= 11 is 0. The molecule has 0 aromatic carbocycles. The van der Waals surface area contributed by atoms with Gasteiger partial charge in [0.2, 0.25) is 11.5 Å². The predicted molar refractivity (Wildman–Crippen MR) is 82.1 cm³/mol. The Hall–Kier alpha value is -1.84. The van der Waals surface area contributed by atoms with E-state index in [1.165, 1.54) is 24.8 Å². The number of carbonyl (C=O) groups excluding carboxylic acids is 1. The zero-order chi connectivity index (χ0) is 14.7. The van der Waals surface area contributed by atoms with Gasteiger partial charge in [-0.2, -0.15) is 0 Å². The van der Waals surface area contributed by atoms with Crippen LogP contribution in [0.4, 0.5) is 0 Å². The normalized spacial score (nSPS) is 21.5. The van der Waals surface area contributed by atoms with Gasteiger partial charge in [0.25, 0.3) is 0 Å². The summed E-state index contributed by atoms with van der Waals surface area (Å²) in [5.74, 6) is 0.0101. The molecule has 3 rings (SSSR count). The van der Waals surface area contributed by atoms with Crippen LogP contribution in [-0.4, -0.2) is 10.9 Å². The zero-order valence-electron chi connectivity index (χ0n) is 12.3. The van der Waals surface area contributed by atoms with Crippen LogP contribution < -0.4 is 10.9 Å². The smallest absolute Gasteiger partial charge is 0.248 e. The number of hydrogen-bond acceptors (Lipinski definition) is 2. The molecule has 1 heterocycles. The average molecular weight is 286 g/mol. The highest BCUT2D eigenvalue weighted by atomic mass is 16.1. The molecule has 2 aliphatic carbocycles. The first-order valence-corrected chi connectivity index (χ1v) is 7.94. The highest BCUT2D eigenvalue weighted by Gasteiger charge is 2.22. The molecule has 0 spiro atoms. The molecule has 1 saturated carbocycles. The minimum atomic E-state index is -0.0648. The molecule has 0 radical (unpaired) electrons. The highest BCUT2D eigenvalue weighted by Crippen LogP contribution is 2.28. The molecular formula is C17H22N2O2. The summed E-state index contributed by atoms with van der Waals surface area (Å²) in [5, 5.41) is 3.10. The van der Waals surface area contributed by atoms with E-state index < -0.39 is 0 Å². The Morgan fingerprint density at radius 2 is 1.95 bits per heavy atom. The van der Waals surface area contributed by atoms with Crippen molar-refractivity contribution in [3.05, 3.63) is 45.4 Å². The molecule has 4 heteroatoms. The number of aromatic amines is 1. The Morgan fingerprint density at radius 3 is 2.76 bits per heavy atom. The van der Waals surface area contributed by atoms with Crippen LogP contribution in [0.3, 0.4) is 0 Å². The maximum absolute atomic E-state index is 12.2. The minimum Gasteiger partial charge on any atom is -0.346 e. The topological polar surface area (TPSA) is 62.0 Å². The van der Waals surface area contributed by atoms with Gasteiger partial charge in [-0.1, -0.05) is 12.0 Å². The molecule has 1 aromatic heterocycles. The third kappa shape index (κ3) is 3.43. The summed E-state index contributed by atoms with van der Waals surface area (Å²) in [4.78, 5) is 26.5. The van der Waals surface area contributed by atoms with Gasteiger partial charge < -0.3 is 10.3 Å². The van der Waals surface area contributed by atoms with Gasteiger partial charge in [0.05, 0.1) is 6.04 Å². The van der Waals surface area contributed by atoms with Crippen LogP contribution in [0.2, 0.25) is 0 Å². The van der Waals surface area contributed by atoms with E-state index in [9.17, 15) is 9.59 Å². The second-order valence-electron chi connectivity index (χ2n) is 6.07. The molecule has 21 heavy (non-hydrogen) atoms. The number of allylic oxidation sites excluding steroid dienone is 1. The average Bonchev–Trinajstić information content (AvgIpc) is 2.48. The number of hydrogen-bond donors (Lipinski definition) is 2. The molecule has 112 valence electrons. The number of fused-ring (bicyclic) bond motifs is 1. The molecule has 1 unspecified atom stereocenters. The van der Waals surface area contributed by atoms with Crippen molar-refractivity contribution in [3.8, 4) is 0 Å². The number of rotatable bonds is 2. The third-order valence-corrected chi connectivity index (χ3v) is 4.48. The molecule has 1 amide bonds. The van der Waals surface area contributed by atoms with Crippen LogP contribution >= 0.6 is 0 Å². The van der Waals surface area contributed by atoms with Crippen molar-refractivity contribution in [2.24, 2.45) is 0 Å². The molecule has 0 saturated heterocycles. The molecule has 1 fully saturated rings. The van der Waals surface area contributed by atoms with E-state index in [1.807, 2.05) is 6.07 Å². The van der Waals surface area contributed by atoms with Crippen LogP contribution in [0.15, 0.2) is 28.6 Å². The van der Waals surface area contributed by atoms with Crippen LogP contribution in [-0.2, 0) is 11.2 Å². The first-order valence-electron chi connectivity index (χ1n) is 7.94. The van der Waals surface area contributed by atoms with Crippen molar-refractivity contribution < 1.29 is 4.79 Å². The second-order valence-corrected chi connectivity index (χ2v) is 6.07. The monoisotopic (exact) mass is 286 g/mol. The Bertz CT molecular complexity index is 607. The Morgan fingerprint density at radius 1 is 1.14 bits per heavy atom. The summed E-state index contributed by atoms with van der Waals surface area (Å²) in [7, 11) is 0. The van der Waals surface area contributed by atoms with E-state index in [0.717, 1.165) is 43.4 Å². The van der Waals surface area contributed by atoms with Crippen LogP contribution in [0.1, 0.15) is 62.2 Å². The van der Waals surface area contributed by atoms with Gasteiger partial charge in [-0.15, -0.1) is 0 Å². The quantitative estimate of drug-likeness (QED) is 0.821. The van der Waals surface area contributed by atoms with Crippen molar-refractivity contribution >= 4 is 5.91 Å². The Labute approximate surface area is 124 Å². The van der Waals surface area contributed by atoms with Gasteiger partial charge >= 0.3 is 0 Å². The lowest BCUT2D eigenvalue weighted by atomic mass is 9.91. The number of nitrogens with one attached hydrogen (secondary N) is 2. The van der Waals surface area contributed by atoms with E-state index >= 15 is 0 Å². The summed E-state index contributed by atoms with van der Waals surface area (Å²) in [6.07, 6.45) is 10.4. The van der Waals surface area contributed by atoms with E-state index in [0.29, 0.717) is 0 Å². The van der Waals surface area contributed by atoms with Gasteiger partial charge in [0, 0.05) is 17.8 Å². The van der Waals surface area contributed by atoms with Gasteiger partial charge in [-0.25, -0.2) is 0 Å². The van der Waals surface area contributed by atoms with Crippen molar-refractivity contribution in [3.63, 3.8) is 0 Å². The predicted octanol–water partition coefficient (Wildman–Crippen LogP) is 2.76. The summed E-state index contributed by atoms with van der Waals surface area (Å²) < 4.78 is 0. The van der Waals surface area contributed by atoms with E-state index in [4.69, 9.17) is 0 Å². The first-order chi connectivity index (χ1) is 10.2. The van der Waals surface area contributed by atoms with Crippen LogP contribution in [0, 0.1) is 0 Å². The second kappa shape index (κ2) is 6.29. The summed E-state index contributed by atoms with van der Waals surface area (Å²) in [5.41, 5.74) is 3.25. The number of aromatic nitrogens is 1. The van der Waals surface area contributed by atoms with Crippen LogP contribution in [0.25, 0.3) is 0 Å². The fourth-order valence-corrected chi connectivity index (χ4v) is 3.40. The molecule has 2 N–H and O–H groups in total. The molecule has 4 nitrogen and oxygen atoms in total. The largest absolute Gasteiger partial charge is 0.346 e. The van der Waals surface area contributed by atoms with E-state index in [1.54, 1.807) is 12.1 Å². The minimum absolute atomic E-state index is 0.0101. The Kier molecular flexibility index (Phi) is 4.23. The van der Waals surface area contributed by atoms with Gasteiger partial charge in [-0.3, -0.25) is 9.59 Å². The lowest BCUT2D eigenvalue weighted by Crippen LogP contribution is -2.31. The van der Waals surface area contributed by atoms with Gasteiger partial charge in [-0.05, 0) is 56.6 Å². The van der Waals surface area contributed by atoms with Gasteiger partial charge in [0.1, 0.15) is 0 Å². The molecule has 0 bridgehead atoms. The number of aryl methyl sites for hydroxylation is 1. The fourth-order valence-electron chi connectivity index (χ4n) is 3.40. The maximum atomic E-state index is 12.2. The number of H-pyrrole nitrogens is 1. The van der Waals surface area contributed by atoms with Crippen LogP contribution in [0.5, 0.6) is 0 Å². The number of amides is 1. The Balaban J connectivity index is 1.71. The highest BCUT2D eigenvalue weighted by molar-refractivity contribution is 5.88. The summed E-state index contributed by atoms with van der Waals surface area (Å²) in [6, 6.07) is 3.42. The first kappa shape index (κ1) is 14.1. The lowest BCUT2D eigenvalue weighted by molar-refractivity contribution is -0.117. The van der Waals surface area contributed by atoms with Crippen molar-refractivity contribution in [2.45, 2.75) is 57.4 Å². The molecular weight excluding hydrogens is 264 g/mol. The van der Waals surface area contributed by atoms with Gasteiger partial charge in [0.15, 0.2) is 0 Å². The SMILES string of the molecule is O=C(C=C1CCCCC1)NC1CCCc2[nH]c(=O)ccc21. The molecule has 0 aliphatic heterocycles. The maximum Gasteiger partial charge on any atom is 0.248 e. The lowest BCUT2D eigenvalue weighted by Gasteiger charge is -2.25. The third-order valence-electron chi connectivity index (χ3n) is 4.48. The number of pyridine rings is 1. The molecule has 2 aliphatic rings. The zero-order valence-corrected chi connectivity index (χ0v) is 12.3. The molecule has 1 atom stereocenters. The standard InChI is InChI=1S/C17H22N2O2/c20-16-10-9-13-14(18-16)7-4-8-15(13)19-17(21)11-12-5-2-1-3-6-12/h9-11,15H,1-8H2,(H,18,20)(H,19,21). The number of carbonyl (C=O) groups is 1.